The summed E-state index contributed by atoms with van der Waals surface area (Å²) in [6.45, 7) is 3.95. The normalized spacial score (nSPS) is 12.4. The Bertz CT molecular complexity index is 1050. The molecule has 0 bridgehead atoms. The zero-order valence-electron chi connectivity index (χ0n) is 14.6. The molecule has 1 aromatic carbocycles. The highest BCUT2D eigenvalue weighted by Gasteiger charge is 2.22. The zero-order valence-corrected chi connectivity index (χ0v) is 15.4. The molecular formula is C19H19N5OS. The van der Waals surface area contributed by atoms with E-state index in [0.717, 1.165) is 27.2 Å². The molecular weight excluding hydrogens is 346 g/mol. The Morgan fingerprint density at radius 2 is 2.15 bits per heavy atom. The molecule has 4 aromatic rings. The summed E-state index contributed by atoms with van der Waals surface area (Å²) in [5, 5.41) is 12.3. The SMILES string of the molecule is CC[C@H](C(=O)Nc1n[nH]c(-c2cccs2)c1C)n1cnc2ccccc21. The van der Waals surface area contributed by atoms with Gasteiger partial charge in [0.05, 0.1) is 27.9 Å². The van der Waals surface area contributed by atoms with E-state index in [1.807, 2.05) is 60.2 Å². The predicted molar refractivity (Wildman–Crippen MR) is 104 cm³/mol. The maximum Gasteiger partial charge on any atom is 0.248 e. The number of aromatic amines is 1. The fourth-order valence-electron chi connectivity index (χ4n) is 3.12. The molecule has 7 heteroatoms. The number of thiophene rings is 1. The van der Waals surface area contributed by atoms with Crippen molar-refractivity contribution in [2.45, 2.75) is 26.3 Å². The van der Waals surface area contributed by atoms with Gasteiger partial charge in [0.15, 0.2) is 5.82 Å². The second-order valence-electron chi connectivity index (χ2n) is 6.10. The summed E-state index contributed by atoms with van der Waals surface area (Å²) < 4.78 is 1.92. The zero-order chi connectivity index (χ0) is 18.1. The predicted octanol–water partition coefficient (Wildman–Crippen LogP) is 4.39. The maximum absolute atomic E-state index is 12.9. The van der Waals surface area contributed by atoms with Gasteiger partial charge in [0.25, 0.3) is 0 Å². The lowest BCUT2D eigenvalue weighted by Crippen LogP contribution is -2.25. The van der Waals surface area contributed by atoms with Crippen molar-refractivity contribution in [2.75, 3.05) is 5.32 Å². The summed E-state index contributed by atoms with van der Waals surface area (Å²) in [6, 6.07) is 11.5. The number of imidazole rings is 1. The number of carbonyl (C=O) groups is 1. The van der Waals surface area contributed by atoms with Crippen molar-refractivity contribution in [3.05, 3.63) is 53.7 Å². The van der Waals surface area contributed by atoms with Crippen molar-refractivity contribution in [3.63, 3.8) is 0 Å². The number of fused-ring (bicyclic) bond motifs is 1. The first kappa shape index (κ1) is 16.5. The van der Waals surface area contributed by atoms with Crippen molar-refractivity contribution in [1.82, 2.24) is 19.7 Å². The van der Waals surface area contributed by atoms with Crippen LogP contribution in [-0.4, -0.2) is 25.7 Å². The number of hydrogen-bond donors (Lipinski definition) is 2. The highest BCUT2D eigenvalue weighted by Crippen LogP contribution is 2.30. The van der Waals surface area contributed by atoms with Crippen LogP contribution in [0.2, 0.25) is 0 Å². The van der Waals surface area contributed by atoms with Crippen LogP contribution < -0.4 is 5.32 Å². The second-order valence-corrected chi connectivity index (χ2v) is 7.05. The summed E-state index contributed by atoms with van der Waals surface area (Å²) in [7, 11) is 0. The van der Waals surface area contributed by atoms with E-state index in [0.29, 0.717) is 12.2 Å². The van der Waals surface area contributed by atoms with Crippen molar-refractivity contribution in [3.8, 4) is 10.6 Å². The molecule has 1 amide bonds. The van der Waals surface area contributed by atoms with Gasteiger partial charge in [-0.1, -0.05) is 25.1 Å². The number of amides is 1. The highest BCUT2D eigenvalue weighted by atomic mass is 32.1. The van der Waals surface area contributed by atoms with Crippen LogP contribution in [0.15, 0.2) is 48.1 Å². The number of hydrogen-bond acceptors (Lipinski definition) is 4. The molecule has 4 rings (SSSR count). The van der Waals surface area contributed by atoms with Gasteiger partial charge in [-0.05, 0) is 36.9 Å². The van der Waals surface area contributed by atoms with Gasteiger partial charge in [0.2, 0.25) is 5.91 Å². The fraction of sp³-hybridized carbons (Fsp3) is 0.211. The largest absolute Gasteiger partial charge is 0.318 e. The van der Waals surface area contributed by atoms with E-state index in [4.69, 9.17) is 0 Å². The molecule has 0 aliphatic heterocycles. The third kappa shape index (κ3) is 2.80. The third-order valence-electron chi connectivity index (χ3n) is 4.53. The second kappa shape index (κ2) is 6.76. The van der Waals surface area contributed by atoms with Crippen LogP contribution in [0.4, 0.5) is 5.82 Å². The number of para-hydroxylation sites is 2. The summed E-state index contributed by atoms with van der Waals surface area (Å²) in [4.78, 5) is 18.4. The van der Waals surface area contributed by atoms with Gasteiger partial charge in [0, 0.05) is 5.56 Å². The molecule has 0 aliphatic carbocycles. The van der Waals surface area contributed by atoms with Crippen molar-refractivity contribution < 1.29 is 4.79 Å². The Labute approximate surface area is 154 Å². The minimum absolute atomic E-state index is 0.0945. The number of H-pyrrole nitrogens is 1. The summed E-state index contributed by atoms with van der Waals surface area (Å²) in [6.07, 6.45) is 2.39. The molecule has 2 N–H and O–H groups in total. The van der Waals surface area contributed by atoms with E-state index in [2.05, 4.69) is 20.5 Å². The molecule has 3 aromatic heterocycles. The van der Waals surface area contributed by atoms with Crippen LogP contribution in [0.5, 0.6) is 0 Å². The topological polar surface area (TPSA) is 75.6 Å². The first-order valence-electron chi connectivity index (χ1n) is 8.50. The molecule has 6 nitrogen and oxygen atoms in total. The van der Waals surface area contributed by atoms with E-state index in [-0.39, 0.29) is 11.9 Å². The molecule has 1 atom stereocenters. The Kier molecular flexibility index (Phi) is 4.30. The van der Waals surface area contributed by atoms with E-state index in [1.165, 1.54) is 0 Å². The summed E-state index contributed by atoms with van der Waals surface area (Å²) in [5.41, 5.74) is 3.71. The smallest absolute Gasteiger partial charge is 0.248 e. The molecule has 26 heavy (non-hydrogen) atoms. The lowest BCUT2D eigenvalue weighted by Gasteiger charge is -2.17. The Morgan fingerprint density at radius 1 is 1.31 bits per heavy atom. The van der Waals surface area contributed by atoms with E-state index < -0.39 is 0 Å². The molecule has 3 heterocycles. The first-order chi connectivity index (χ1) is 12.7. The number of aromatic nitrogens is 4. The van der Waals surface area contributed by atoms with Crippen molar-refractivity contribution in [1.29, 1.82) is 0 Å². The molecule has 0 radical (unpaired) electrons. The van der Waals surface area contributed by atoms with Crippen LogP contribution in [0.1, 0.15) is 24.9 Å². The highest BCUT2D eigenvalue weighted by molar-refractivity contribution is 7.13. The molecule has 0 fully saturated rings. The van der Waals surface area contributed by atoms with Crippen LogP contribution in [0.3, 0.4) is 0 Å². The molecule has 0 saturated heterocycles. The minimum Gasteiger partial charge on any atom is -0.318 e. The first-order valence-corrected chi connectivity index (χ1v) is 9.38. The maximum atomic E-state index is 12.9. The average Bonchev–Trinajstić information content (AvgIpc) is 3.38. The standard InChI is InChI=1S/C19H19N5OS/c1-3-14(24-11-20-13-7-4-5-8-15(13)24)19(25)21-18-12(2)17(22-23-18)16-9-6-10-26-16/h4-11,14H,3H2,1-2H3,(H2,21,22,23,25)/t14-/m1/s1. The Balaban J connectivity index is 1.61. The van der Waals surface area contributed by atoms with Gasteiger partial charge in [-0.15, -0.1) is 11.3 Å². The number of rotatable bonds is 5. The monoisotopic (exact) mass is 365 g/mol. The van der Waals surface area contributed by atoms with Crippen LogP contribution >= 0.6 is 11.3 Å². The van der Waals surface area contributed by atoms with Gasteiger partial charge < -0.3 is 9.88 Å². The summed E-state index contributed by atoms with van der Waals surface area (Å²) in [5.74, 6) is 0.476. The Hall–Kier alpha value is -2.93. The number of carbonyl (C=O) groups excluding carboxylic acids is 1. The van der Waals surface area contributed by atoms with E-state index in [1.54, 1.807) is 17.7 Å². The van der Waals surface area contributed by atoms with Crippen molar-refractivity contribution in [2.24, 2.45) is 0 Å². The van der Waals surface area contributed by atoms with Gasteiger partial charge in [-0.2, -0.15) is 5.10 Å². The molecule has 0 spiro atoms. The van der Waals surface area contributed by atoms with Gasteiger partial charge in [0.1, 0.15) is 6.04 Å². The molecule has 0 saturated carbocycles. The molecule has 0 aliphatic rings. The lowest BCUT2D eigenvalue weighted by molar-refractivity contribution is -0.119. The average molecular weight is 365 g/mol. The molecule has 0 unspecified atom stereocenters. The van der Waals surface area contributed by atoms with Gasteiger partial charge in [-0.3, -0.25) is 9.89 Å². The Morgan fingerprint density at radius 3 is 2.92 bits per heavy atom. The minimum atomic E-state index is -0.344. The summed E-state index contributed by atoms with van der Waals surface area (Å²) >= 11 is 1.64. The fourth-order valence-corrected chi connectivity index (χ4v) is 3.89. The number of anilines is 1. The number of benzene rings is 1. The van der Waals surface area contributed by atoms with Crippen LogP contribution in [0, 0.1) is 6.92 Å². The van der Waals surface area contributed by atoms with Crippen LogP contribution in [0.25, 0.3) is 21.6 Å². The van der Waals surface area contributed by atoms with Crippen LogP contribution in [-0.2, 0) is 4.79 Å². The van der Waals surface area contributed by atoms with E-state index in [9.17, 15) is 4.79 Å². The van der Waals surface area contributed by atoms with Gasteiger partial charge in [-0.25, -0.2) is 4.98 Å². The third-order valence-corrected chi connectivity index (χ3v) is 5.41. The quantitative estimate of drug-likeness (QED) is 0.551. The number of nitrogens with zero attached hydrogens (tertiary/aromatic N) is 3. The van der Waals surface area contributed by atoms with E-state index >= 15 is 0 Å². The van der Waals surface area contributed by atoms with Crippen molar-refractivity contribution >= 4 is 34.1 Å². The van der Waals surface area contributed by atoms with Gasteiger partial charge >= 0.3 is 0 Å². The number of nitrogens with one attached hydrogen (secondary N) is 2. The lowest BCUT2D eigenvalue weighted by atomic mass is 10.2. The molecule has 132 valence electrons.